The molecule has 0 bridgehead atoms. The minimum absolute atomic E-state index is 0.0637. The Labute approximate surface area is 300 Å². The zero-order valence-electron chi connectivity index (χ0n) is 27.5. The number of rotatable bonds is 13. The predicted octanol–water partition coefficient (Wildman–Crippen LogP) is 7.58. The van der Waals surface area contributed by atoms with Gasteiger partial charge < -0.3 is 20.3 Å². The molecule has 4 atom stereocenters. The maximum absolute atomic E-state index is 13.1. The van der Waals surface area contributed by atoms with Crippen molar-refractivity contribution in [1.82, 2.24) is 10.2 Å². The summed E-state index contributed by atoms with van der Waals surface area (Å²) in [4.78, 5) is 40.3. The average Bonchev–Trinajstić information content (AvgIpc) is 3.55. The molecule has 1 saturated heterocycles. The van der Waals surface area contributed by atoms with Crippen LogP contribution < -0.4 is 10.1 Å². The monoisotopic (exact) mass is 726 g/mol. The summed E-state index contributed by atoms with van der Waals surface area (Å²) in [6.07, 6.45) is 8.22. The summed E-state index contributed by atoms with van der Waals surface area (Å²) >= 11 is 9.77. The molecule has 3 N–H and O–H groups in total. The Morgan fingerprint density at radius 1 is 1.27 bits per heavy atom. The van der Waals surface area contributed by atoms with Gasteiger partial charge in [-0.25, -0.2) is 4.79 Å². The van der Waals surface area contributed by atoms with Gasteiger partial charge in [-0.3, -0.25) is 14.5 Å². The Morgan fingerprint density at radius 2 is 2.06 bits per heavy atom. The first-order valence-electron chi connectivity index (χ1n) is 16.2. The number of aliphatic carboxylic acids is 1. The number of carboxylic acid groups (broad SMARTS) is 1. The number of phenolic OH excluding ortho intramolecular Hbond substituents is 1. The summed E-state index contributed by atoms with van der Waals surface area (Å²) < 4.78 is 6.53. The number of thiophene rings is 1. The van der Waals surface area contributed by atoms with E-state index in [0.29, 0.717) is 22.6 Å². The van der Waals surface area contributed by atoms with Crippen LogP contribution in [0.2, 0.25) is 0 Å². The van der Waals surface area contributed by atoms with Crippen LogP contribution in [0.1, 0.15) is 74.8 Å². The summed E-state index contributed by atoms with van der Waals surface area (Å²) in [5.41, 5.74) is 4.44. The van der Waals surface area contributed by atoms with E-state index in [0.717, 1.165) is 54.5 Å². The molecule has 1 fully saturated rings. The fraction of sp³-hybridized carbons (Fsp3) is 0.444. The smallest absolute Gasteiger partial charge is 0.352 e. The molecule has 3 heterocycles. The molecule has 2 aliphatic heterocycles. The van der Waals surface area contributed by atoms with Crippen molar-refractivity contribution in [2.75, 3.05) is 11.5 Å². The standard InChI is InChI=1S/C36H42N2O6S4/c1-5-6-7-9-22-15-27(39)30(26-14-21(4)11-12-25(26)20(2)3)28(16-22)44-36(45)48-19-23-18-47-34-31(33(41)38(34)32(23)35(42)43)37-29(40)17-24-10-8-13-46-24/h8,10,13-16,25-26,31,34,39H,2,5-7,9,11-12,17-19H2,1,3-4H3,(H,37,40)(H,42,43)/t25-,26+,31+,34+/m0/s1. The van der Waals surface area contributed by atoms with Gasteiger partial charge in [0.25, 0.3) is 5.91 Å². The van der Waals surface area contributed by atoms with Crippen molar-refractivity contribution < 1.29 is 29.3 Å². The van der Waals surface area contributed by atoms with Crippen LogP contribution in [0.25, 0.3) is 0 Å². The molecule has 8 nitrogen and oxygen atoms in total. The second kappa shape index (κ2) is 16.1. The molecule has 3 aliphatic rings. The number of aromatic hydroxyl groups is 1. The molecule has 5 rings (SSSR count). The number of unbranched alkanes of at least 4 members (excludes halogenated alkanes) is 2. The average molecular weight is 727 g/mol. The van der Waals surface area contributed by atoms with Crippen molar-refractivity contribution in [1.29, 1.82) is 0 Å². The number of nitrogens with zero attached hydrogens (tertiary/aromatic N) is 1. The quantitative estimate of drug-likeness (QED) is 0.0832. The number of carbonyl (C=O) groups is 3. The number of thioether (sulfide) groups is 2. The van der Waals surface area contributed by atoms with Crippen LogP contribution in [0.3, 0.4) is 0 Å². The van der Waals surface area contributed by atoms with E-state index in [2.05, 4.69) is 31.8 Å². The maximum Gasteiger partial charge on any atom is 0.352 e. The molecule has 0 radical (unpaired) electrons. The van der Waals surface area contributed by atoms with Crippen molar-refractivity contribution in [3.63, 3.8) is 0 Å². The van der Waals surface area contributed by atoms with Crippen molar-refractivity contribution in [3.05, 3.63) is 80.7 Å². The molecule has 1 aromatic heterocycles. The highest BCUT2D eigenvalue weighted by Crippen LogP contribution is 2.47. The lowest BCUT2D eigenvalue weighted by Gasteiger charge is -2.49. The molecular weight excluding hydrogens is 685 g/mol. The summed E-state index contributed by atoms with van der Waals surface area (Å²) in [5, 5.41) is 25.7. The van der Waals surface area contributed by atoms with Gasteiger partial charge in [-0.2, -0.15) is 0 Å². The lowest BCUT2D eigenvalue weighted by Crippen LogP contribution is -2.70. The van der Waals surface area contributed by atoms with E-state index < -0.39 is 23.3 Å². The topological polar surface area (TPSA) is 116 Å². The van der Waals surface area contributed by atoms with Gasteiger partial charge in [0.15, 0.2) is 0 Å². The first-order valence-corrected chi connectivity index (χ1v) is 19.6. The Kier molecular flexibility index (Phi) is 12.2. The first-order chi connectivity index (χ1) is 23.0. The number of aryl methyl sites for hydroxylation is 1. The number of phenols is 1. The van der Waals surface area contributed by atoms with Crippen molar-refractivity contribution in [2.45, 2.75) is 83.1 Å². The SMILES string of the molecule is C=C(C)[C@@H]1CCC(C)=C[C@H]1c1c(O)cc(CCCCC)cc1OC(=S)SCC1=C(C(=O)O)N2C(=O)[C@@H](NC(=O)Cc3cccs3)[C@H]2SC1. The Bertz CT molecular complexity index is 1650. The van der Waals surface area contributed by atoms with E-state index >= 15 is 0 Å². The number of carboxylic acids is 1. The van der Waals surface area contributed by atoms with Gasteiger partial charge in [-0.1, -0.05) is 61.4 Å². The highest BCUT2D eigenvalue weighted by Gasteiger charge is 2.54. The van der Waals surface area contributed by atoms with Crippen molar-refractivity contribution >= 4 is 69.2 Å². The van der Waals surface area contributed by atoms with Crippen LogP contribution in [0.15, 0.2) is 64.7 Å². The Hall–Kier alpha value is -3.06. The van der Waals surface area contributed by atoms with E-state index in [1.54, 1.807) is 0 Å². The Balaban J connectivity index is 1.32. The number of fused-ring (bicyclic) bond motifs is 1. The lowest BCUT2D eigenvalue weighted by atomic mass is 9.73. The van der Waals surface area contributed by atoms with E-state index in [4.69, 9.17) is 17.0 Å². The van der Waals surface area contributed by atoms with Crippen LogP contribution in [-0.4, -0.2) is 60.2 Å². The molecule has 2 aromatic rings. The van der Waals surface area contributed by atoms with Crippen LogP contribution >= 0.6 is 47.1 Å². The molecule has 48 heavy (non-hydrogen) atoms. The van der Waals surface area contributed by atoms with E-state index in [1.165, 1.54) is 45.3 Å². The molecule has 2 amide bonds. The van der Waals surface area contributed by atoms with Gasteiger partial charge in [0.1, 0.15) is 28.6 Å². The number of hydrogen-bond acceptors (Lipinski definition) is 9. The zero-order chi connectivity index (χ0) is 34.5. The highest BCUT2D eigenvalue weighted by atomic mass is 32.2. The van der Waals surface area contributed by atoms with Crippen LogP contribution in [-0.2, 0) is 27.2 Å². The third-order valence-corrected chi connectivity index (χ3v) is 12.5. The van der Waals surface area contributed by atoms with E-state index in [1.807, 2.05) is 36.6 Å². The molecule has 12 heteroatoms. The van der Waals surface area contributed by atoms with Crippen molar-refractivity contribution in [2.24, 2.45) is 5.92 Å². The van der Waals surface area contributed by atoms with Crippen LogP contribution in [0.5, 0.6) is 11.5 Å². The number of ether oxygens (including phenoxy) is 1. The maximum atomic E-state index is 13.1. The third kappa shape index (κ3) is 8.21. The summed E-state index contributed by atoms with van der Waals surface area (Å²) in [6.45, 7) is 10.5. The molecule has 256 valence electrons. The molecule has 1 aromatic carbocycles. The fourth-order valence-corrected chi connectivity index (χ4v) is 9.70. The molecule has 1 aliphatic carbocycles. The number of amides is 2. The van der Waals surface area contributed by atoms with Gasteiger partial charge in [-0.15, -0.1) is 23.1 Å². The summed E-state index contributed by atoms with van der Waals surface area (Å²) in [6, 6.07) is 6.76. The number of carbonyl (C=O) groups excluding carboxylic acids is 2. The van der Waals surface area contributed by atoms with Crippen molar-refractivity contribution in [3.8, 4) is 11.5 Å². The van der Waals surface area contributed by atoms with Gasteiger partial charge in [0, 0.05) is 27.9 Å². The largest absolute Gasteiger partial charge is 0.507 e. The predicted molar refractivity (Wildman–Crippen MR) is 199 cm³/mol. The number of benzene rings is 1. The van der Waals surface area contributed by atoms with E-state index in [-0.39, 0.29) is 45.7 Å². The fourth-order valence-electron chi connectivity index (χ4n) is 6.57. The van der Waals surface area contributed by atoms with Gasteiger partial charge >= 0.3 is 5.97 Å². The lowest BCUT2D eigenvalue weighted by molar-refractivity contribution is -0.150. The zero-order valence-corrected chi connectivity index (χ0v) is 30.7. The number of nitrogens with one attached hydrogen (secondary N) is 1. The second-order valence-electron chi connectivity index (χ2n) is 12.6. The second-order valence-corrected chi connectivity index (χ2v) is 16.3. The molecule has 0 spiro atoms. The number of β-lactam (4-membered cyclic amide) rings is 1. The van der Waals surface area contributed by atoms with Crippen LogP contribution in [0.4, 0.5) is 0 Å². The normalized spacial score (nSPS) is 22.0. The Morgan fingerprint density at radius 3 is 2.75 bits per heavy atom. The minimum Gasteiger partial charge on any atom is -0.507 e. The molecule has 0 unspecified atom stereocenters. The number of allylic oxidation sites excluding steroid dienone is 3. The van der Waals surface area contributed by atoms with Crippen LogP contribution in [0, 0.1) is 5.92 Å². The first kappa shape index (κ1) is 36.2. The van der Waals surface area contributed by atoms with E-state index in [9.17, 15) is 24.6 Å². The summed E-state index contributed by atoms with van der Waals surface area (Å²) in [5.74, 6) is -0.615. The molecular formula is C36H42N2O6S4. The summed E-state index contributed by atoms with van der Waals surface area (Å²) in [7, 11) is 0. The number of hydrogen-bond donors (Lipinski definition) is 3. The number of thiocarbonyl (C=S) groups is 1. The third-order valence-electron chi connectivity index (χ3n) is 9.00. The minimum atomic E-state index is -1.20. The van der Waals surface area contributed by atoms with Gasteiger partial charge in [-0.05, 0) is 92.4 Å². The van der Waals surface area contributed by atoms with Gasteiger partial charge in [0.05, 0.1) is 6.42 Å². The highest BCUT2D eigenvalue weighted by molar-refractivity contribution is 8.22. The van der Waals surface area contributed by atoms with Gasteiger partial charge in [0.2, 0.25) is 10.3 Å². The molecule has 0 saturated carbocycles.